The fourth-order valence-corrected chi connectivity index (χ4v) is 4.88. The Morgan fingerprint density at radius 1 is 0.944 bits per heavy atom. The van der Waals surface area contributed by atoms with E-state index in [-0.39, 0.29) is 31.9 Å². The molecule has 1 saturated heterocycles. The Bertz CT molecular complexity index is 1510. The quantitative estimate of drug-likeness (QED) is 0.275. The molecule has 0 radical (unpaired) electrons. The lowest BCUT2D eigenvalue weighted by Crippen LogP contribution is -2.54. The van der Waals surface area contributed by atoms with E-state index in [1.54, 1.807) is 6.07 Å². The van der Waals surface area contributed by atoms with Crippen molar-refractivity contribution in [2.45, 2.75) is 4.90 Å². The molecule has 1 heterocycles. The number of benzene rings is 3. The highest BCUT2D eigenvalue weighted by Gasteiger charge is 2.37. The van der Waals surface area contributed by atoms with Crippen LogP contribution in [0, 0.1) is 0 Å². The Morgan fingerprint density at radius 2 is 1.61 bits per heavy atom. The second-order valence-electron chi connectivity index (χ2n) is 7.31. The first-order valence-electron chi connectivity index (χ1n) is 10.1. The molecule has 0 spiro atoms. The van der Waals surface area contributed by atoms with Crippen LogP contribution in [0.4, 0.5) is 10.5 Å². The maximum absolute atomic E-state index is 13.2. The molecule has 9 nitrogen and oxygen atoms in total. The second kappa shape index (κ2) is 10.0. The standard InChI is InChI=1S/C24H16Cl2N2O7S/c1-34-17-9-7-16(8-10-17)28-23(30)19(22(29)27-24(28)31)12-14-11-15(25)13-20(26)21(14)35-36(32,33)18-5-3-2-4-6-18/h2-13H,1H3,(H,27,29,31)/b19-12+. The van der Waals surface area contributed by atoms with E-state index in [2.05, 4.69) is 5.32 Å². The smallest absolute Gasteiger partial charge is 0.339 e. The third-order valence-electron chi connectivity index (χ3n) is 4.99. The zero-order chi connectivity index (χ0) is 26.0. The van der Waals surface area contributed by atoms with Crippen molar-refractivity contribution in [2.75, 3.05) is 12.0 Å². The molecule has 4 amide bonds. The number of halogens is 2. The van der Waals surface area contributed by atoms with Crippen LogP contribution in [-0.4, -0.2) is 33.4 Å². The molecule has 4 rings (SSSR count). The molecular weight excluding hydrogens is 531 g/mol. The molecule has 1 N–H and O–H groups in total. The van der Waals surface area contributed by atoms with Gasteiger partial charge in [-0.2, -0.15) is 8.42 Å². The van der Waals surface area contributed by atoms with Gasteiger partial charge in [0.2, 0.25) is 0 Å². The van der Waals surface area contributed by atoms with Crippen LogP contribution in [0.15, 0.2) is 77.2 Å². The molecular formula is C24H16Cl2N2O7S. The van der Waals surface area contributed by atoms with Crippen molar-refractivity contribution < 1.29 is 31.7 Å². The number of nitrogens with one attached hydrogen (secondary N) is 1. The van der Waals surface area contributed by atoms with Gasteiger partial charge in [0.15, 0.2) is 5.75 Å². The van der Waals surface area contributed by atoms with E-state index in [4.69, 9.17) is 32.1 Å². The largest absolute Gasteiger partial charge is 0.497 e. The summed E-state index contributed by atoms with van der Waals surface area (Å²) in [7, 11) is -2.87. The minimum Gasteiger partial charge on any atom is -0.497 e. The van der Waals surface area contributed by atoms with E-state index in [0.29, 0.717) is 5.75 Å². The predicted octanol–water partition coefficient (Wildman–Crippen LogP) is 4.44. The molecule has 1 aliphatic heterocycles. The van der Waals surface area contributed by atoms with E-state index in [1.165, 1.54) is 67.8 Å². The fraction of sp³-hybridized carbons (Fsp3) is 0.0417. The average molecular weight is 547 g/mol. The number of imide groups is 2. The summed E-state index contributed by atoms with van der Waals surface area (Å²) in [5.41, 5.74) is -0.385. The number of ether oxygens (including phenoxy) is 1. The molecule has 0 bridgehead atoms. The van der Waals surface area contributed by atoms with E-state index in [1.807, 2.05) is 0 Å². The zero-order valence-electron chi connectivity index (χ0n) is 18.4. The van der Waals surface area contributed by atoms with Crippen LogP contribution in [0.3, 0.4) is 0 Å². The van der Waals surface area contributed by atoms with Gasteiger partial charge in [0, 0.05) is 10.6 Å². The molecule has 36 heavy (non-hydrogen) atoms. The number of hydrogen-bond acceptors (Lipinski definition) is 7. The summed E-state index contributed by atoms with van der Waals surface area (Å²) in [6.07, 6.45) is 1.05. The summed E-state index contributed by atoms with van der Waals surface area (Å²) >= 11 is 12.3. The second-order valence-corrected chi connectivity index (χ2v) is 9.70. The SMILES string of the molecule is COc1ccc(N2C(=O)NC(=O)/C(=C\c3cc(Cl)cc(Cl)c3OS(=O)(=O)c3ccccc3)C2=O)cc1. The number of methoxy groups -OCH3 is 1. The molecule has 12 heteroatoms. The number of carbonyl (C=O) groups excluding carboxylic acids is 3. The number of hydrogen-bond donors (Lipinski definition) is 1. The van der Waals surface area contributed by atoms with E-state index < -0.39 is 33.5 Å². The highest BCUT2D eigenvalue weighted by atomic mass is 35.5. The van der Waals surface area contributed by atoms with E-state index in [0.717, 1.165) is 11.0 Å². The summed E-state index contributed by atoms with van der Waals surface area (Å²) in [6.45, 7) is 0. The first kappa shape index (κ1) is 25.2. The van der Waals surface area contributed by atoms with Gasteiger partial charge in [0.05, 0.1) is 17.8 Å². The molecule has 0 aliphatic carbocycles. The highest BCUT2D eigenvalue weighted by molar-refractivity contribution is 7.87. The fourth-order valence-electron chi connectivity index (χ4n) is 3.30. The summed E-state index contributed by atoms with van der Waals surface area (Å²) in [5, 5.41) is 1.99. The van der Waals surface area contributed by atoms with Crippen LogP contribution in [0.2, 0.25) is 10.0 Å². The van der Waals surface area contributed by atoms with Crippen molar-refractivity contribution in [3.63, 3.8) is 0 Å². The van der Waals surface area contributed by atoms with Crippen LogP contribution in [0.5, 0.6) is 11.5 Å². The molecule has 184 valence electrons. The normalized spacial score (nSPS) is 15.1. The van der Waals surface area contributed by atoms with Gasteiger partial charge in [-0.25, -0.2) is 9.69 Å². The molecule has 0 aromatic heterocycles. The van der Waals surface area contributed by atoms with Crippen LogP contribution >= 0.6 is 23.2 Å². The molecule has 0 atom stereocenters. The predicted molar refractivity (Wildman–Crippen MR) is 133 cm³/mol. The Kier molecular flexibility index (Phi) is 7.02. The van der Waals surface area contributed by atoms with Crippen LogP contribution < -0.4 is 19.1 Å². The van der Waals surface area contributed by atoms with E-state index >= 15 is 0 Å². The maximum atomic E-state index is 13.2. The molecule has 1 fully saturated rings. The third-order valence-corrected chi connectivity index (χ3v) is 6.73. The summed E-state index contributed by atoms with van der Waals surface area (Å²) in [6, 6.07) is 14.9. The van der Waals surface area contributed by atoms with Crippen LogP contribution in [-0.2, 0) is 19.7 Å². The molecule has 0 saturated carbocycles. The Labute approximate surface area is 216 Å². The number of barbiturate groups is 1. The van der Waals surface area contributed by atoms with Crippen LogP contribution in [0.1, 0.15) is 5.56 Å². The van der Waals surface area contributed by atoms with Crippen molar-refractivity contribution in [3.8, 4) is 11.5 Å². The Hall–Kier alpha value is -3.86. The van der Waals surface area contributed by atoms with Gasteiger partial charge in [-0.3, -0.25) is 14.9 Å². The minimum absolute atomic E-state index is 0.0745. The van der Waals surface area contributed by atoms with Gasteiger partial charge in [0.1, 0.15) is 16.2 Å². The first-order valence-corrected chi connectivity index (χ1v) is 12.3. The third kappa shape index (κ3) is 5.06. The summed E-state index contributed by atoms with van der Waals surface area (Å²) in [5.74, 6) is -1.82. The van der Waals surface area contributed by atoms with E-state index in [9.17, 15) is 22.8 Å². The van der Waals surface area contributed by atoms with Gasteiger partial charge < -0.3 is 8.92 Å². The van der Waals surface area contributed by atoms with Crippen molar-refractivity contribution >= 4 is 62.9 Å². The Balaban J connectivity index is 1.78. The van der Waals surface area contributed by atoms with Crippen molar-refractivity contribution in [3.05, 3.63) is 87.9 Å². The summed E-state index contributed by atoms with van der Waals surface area (Å²) in [4.78, 5) is 38.9. The lowest BCUT2D eigenvalue weighted by Gasteiger charge is -2.26. The molecule has 3 aromatic carbocycles. The van der Waals surface area contributed by atoms with Gasteiger partial charge in [-0.1, -0.05) is 41.4 Å². The van der Waals surface area contributed by atoms with Crippen molar-refractivity contribution in [2.24, 2.45) is 0 Å². The molecule has 0 unspecified atom stereocenters. The summed E-state index contributed by atoms with van der Waals surface area (Å²) < 4.78 is 36.0. The number of nitrogens with zero attached hydrogens (tertiary/aromatic N) is 1. The lowest BCUT2D eigenvalue weighted by atomic mass is 10.1. The maximum Gasteiger partial charge on any atom is 0.339 e. The topological polar surface area (TPSA) is 119 Å². The van der Waals surface area contributed by atoms with Gasteiger partial charge in [0.25, 0.3) is 11.8 Å². The highest BCUT2D eigenvalue weighted by Crippen LogP contribution is 2.36. The van der Waals surface area contributed by atoms with Crippen molar-refractivity contribution in [1.29, 1.82) is 0 Å². The van der Waals surface area contributed by atoms with Gasteiger partial charge in [-0.05, 0) is 54.6 Å². The van der Waals surface area contributed by atoms with Gasteiger partial charge in [-0.15, -0.1) is 0 Å². The lowest BCUT2D eigenvalue weighted by molar-refractivity contribution is -0.122. The molecule has 1 aliphatic rings. The average Bonchev–Trinajstić information content (AvgIpc) is 2.84. The number of rotatable bonds is 6. The Morgan fingerprint density at radius 3 is 2.25 bits per heavy atom. The minimum atomic E-state index is -4.33. The number of amides is 4. The number of anilines is 1. The van der Waals surface area contributed by atoms with Crippen LogP contribution in [0.25, 0.3) is 6.08 Å². The number of carbonyl (C=O) groups is 3. The zero-order valence-corrected chi connectivity index (χ0v) is 20.7. The monoisotopic (exact) mass is 546 g/mol. The molecule has 3 aromatic rings. The van der Waals surface area contributed by atoms with Crippen molar-refractivity contribution in [1.82, 2.24) is 5.32 Å². The number of urea groups is 1. The van der Waals surface area contributed by atoms with Gasteiger partial charge >= 0.3 is 16.1 Å². The first-order chi connectivity index (χ1) is 17.1.